The van der Waals surface area contributed by atoms with E-state index in [0.717, 1.165) is 22.9 Å². The molecule has 3 rings (SSSR count). The van der Waals surface area contributed by atoms with Crippen molar-refractivity contribution in [3.63, 3.8) is 0 Å². The number of carbonyl (C=O) groups is 1. The van der Waals surface area contributed by atoms with Gasteiger partial charge in [-0.3, -0.25) is 25.0 Å². The van der Waals surface area contributed by atoms with Gasteiger partial charge in [0.2, 0.25) is 17.1 Å². The number of nitro benzene ring substituents is 2. The molecule has 0 aliphatic carbocycles. The first-order chi connectivity index (χ1) is 15.0. The Morgan fingerprint density at radius 1 is 1.09 bits per heavy atom. The van der Waals surface area contributed by atoms with E-state index in [1.54, 1.807) is 0 Å². The molecule has 0 bridgehead atoms. The van der Waals surface area contributed by atoms with E-state index < -0.39 is 49.8 Å². The number of esters is 1. The van der Waals surface area contributed by atoms with Gasteiger partial charge in [-0.25, -0.2) is 4.79 Å². The Balaban J connectivity index is 2.58. The lowest BCUT2D eigenvalue weighted by Crippen LogP contribution is -2.22. The van der Waals surface area contributed by atoms with Crippen LogP contribution in [0.15, 0.2) is 29.2 Å². The molecule has 0 spiro atoms. The molecule has 0 aliphatic rings. The number of pyridine rings is 1. The van der Waals surface area contributed by atoms with Crippen molar-refractivity contribution >= 4 is 28.2 Å². The summed E-state index contributed by atoms with van der Waals surface area (Å²) in [5, 5.41) is 22.3. The van der Waals surface area contributed by atoms with Crippen LogP contribution < -0.4 is 5.43 Å². The van der Waals surface area contributed by atoms with E-state index in [-0.39, 0.29) is 34.3 Å². The van der Waals surface area contributed by atoms with Gasteiger partial charge in [-0.2, -0.15) is 8.78 Å². The van der Waals surface area contributed by atoms with Crippen LogP contribution in [0.1, 0.15) is 28.4 Å². The second-order valence-electron chi connectivity index (χ2n) is 6.79. The maximum atomic E-state index is 14.5. The number of aromatic nitrogens is 1. The van der Waals surface area contributed by atoms with E-state index in [1.165, 1.54) is 20.8 Å². The number of benzene rings is 2. The zero-order valence-corrected chi connectivity index (χ0v) is 17.0. The molecule has 0 fully saturated rings. The lowest BCUT2D eigenvalue weighted by molar-refractivity contribution is -0.388. The molecule has 0 saturated heterocycles. The largest absolute Gasteiger partial charge is 0.462 e. The fourth-order valence-corrected chi connectivity index (χ4v) is 3.46. The van der Waals surface area contributed by atoms with E-state index in [0.29, 0.717) is 6.07 Å². The third kappa shape index (κ3) is 3.55. The second-order valence-corrected chi connectivity index (χ2v) is 6.79. The maximum absolute atomic E-state index is 14.5. The molecule has 32 heavy (non-hydrogen) atoms. The summed E-state index contributed by atoms with van der Waals surface area (Å²) < 4.78 is 34.5. The van der Waals surface area contributed by atoms with Crippen LogP contribution >= 0.6 is 0 Å². The van der Waals surface area contributed by atoms with Crippen LogP contribution in [-0.4, -0.2) is 27.0 Å². The summed E-state index contributed by atoms with van der Waals surface area (Å²) >= 11 is 0. The van der Waals surface area contributed by atoms with E-state index >= 15 is 0 Å². The Morgan fingerprint density at radius 2 is 1.75 bits per heavy atom. The number of halogens is 2. The topological polar surface area (TPSA) is 135 Å². The molecule has 2 aromatic carbocycles. The van der Waals surface area contributed by atoms with Gasteiger partial charge in [0.25, 0.3) is 0 Å². The monoisotopic (exact) mass is 447 g/mol. The van der Waals surface area contributed by atoms with E-state index in [2.05, 4.69) is 0 Å². The van der Waals surface area contributed by atoms with Crippen molar-refractivity contribution in [1.29, 1.82) is 0 Å². The lowest BCUT2D eigenvalue weighted by Gasteiger charge is -2.17. The quantitative estimate of drug-likeness (QED) is 0.329. The van der Waals surface area contributed by atoms with Gasteiger partial charge in [0.15, 0.2) is 0 Å². The number of nitro groups is 2. The number of rotatable bonds is 5. The van der Waals surface area contributed by atoms with Gasteiger partial charge >= 0.3 is 17.3 Å². The highest BCUT2D eigenvalue weighted by atomic mass is 19.1. The Morgan fingerprint density at radius 3 is 2.31 bits per heavy atom. The molecule has 3 aromatic rings. The molecule has 0 radical (unpaired) electrons. The highest BCUT2D eigenvalue weighted by Crippen LogP contribution is 2.33. The number of ether oxygens (including phenoxy) is 1. The first-order valence-electron chi connectivity index (χ1n) is 9.14. The van der Waals surface area contributed by atoms with Crippen LogP contribution in [0.2, 0.25) is 0 Å². The molecule has 0 aliphatic heterocycles. The van der Waals surface area contributed by atoms with Crippen molar-refractivity contribution in [1.82, 2.24) is 4.57 Å². The fraction of sp³-hybridized carbons (Fsp3) is 0.200. The van der Waals surface area contributed by atoms with Crippen molar-refractivity contribution in [2.75, 3.05) is 6.61 Å². The van der Waals surface area contributed by atoms with Gasteiger partial charge in [0.1, 0.15) is 5.56 Å². The Hall–Kier alpha value is -4.22. The standard InChI is InChI=1S/C20H15F2N3O7/c1-4-32-20(27)12-8-23(15-7-16(24(28)29)13(21)5-9(15)2)17-10(3)18(25(30)31)14(22)6-11(17)19(12)26/h5-8H,4H2,1-3H3. The molecular weight excluding hydrogens is 432 g/mol. The average Bonchev–Trinajstić information content (AvgIpc) is 2.68. The second kappa shape index (κ2) is 8.13. The molecular formula is C20H15F2N3O7. The highest BCUT2D eigenvalue weighted by molar-refractivity contribution is 5.96. The summed E-state index contributed by atoms with van der Waals surface area (Å²) in [5.74, 6) is -3.47. The smallest absolute Gasteiger partial charge is 0.343 e. The van der Waals surface area contributed by atoms with Crippen LogP contribution in [-0.2, 0) is 4.74 Å². The van der Waals surface area contributed by atoms with Gasteiger partial charge in [-0.05, 0) is 38.5 Å². The zero-order chi connectivity index (χ0) is 23.9. The number of hydrogen-bond acceptors (Lipinski definition) is 7. The molecule has 1 heterocycles. The van der Waals surface area contributed by atoms with Gasteiger partial charge < -0.3 is 9.30 Å². The summed E-state index contributed by atoms with van der Waals surface area (Å²) in [6.07, 6.45) is 0.987. The Kier molecular flexibility index (Phi) is 5.71. The minimum Gasteiger partial charge on any atom is -0.462 e. The SMILES string of the molecule is CCOC(=O)c1cn(-c2cc([N+](=O)[O-])c(F)cc2C)c2c(C)c([N+](=O)[O-])c(F)cc2c1=O. The normalized spacial score (nSPS) is 10.9. The molecule has 0 saturated carbocycles. The molecule has 12 heteroatoms. The number of carbonyl (C=O) groups excluding carboxylic acids is 1. The Labute approximate surface area is 177 Å². The maximum Gasteiger partial charge on any atom is 0.343 e. The number of aryl methyl sites for hydroxylation is 2. The molecule has 0 amide bonds. The van der Waals surface area contributed by atoms with E-state index in [4.69, 9.17) is 4.74 Å². The zero-order valence-electron chi connectivity index (χ0n) is 17.0. The average molecular weight is 447 g/mol. The minimum atomic E-state index is -1.30. The van der Waals surface area contributed by atoms with Crippen molar-refractivity contribution in [3.8, 4) is 5.69 Å². The molecule has 0 N–H and O–H groups in total. The van der Waals surface area contributed by atoms with Gasteiger partial charge in [0.05, 0.1) is 38.6 Å². The molecule has 0 atom stereocenters. The minimum absolute atomic E-state index is 0.0438. The third-order valence-corrected chi connectivity index (χ3v) is 4.85. The van der Waals surface area contributed by atoms with Crippen LogP contribution in [0.3, 0.4) is 0 Å². The summed E-state index contributed by atoms with van der Waals surface area (Å²) in [4.78, 5) is 46.0. The predicted octanol–water partition coefficient (Wildman–Crippen LogP) is 3.88. The fourth-order valence-electron chi connectivity index (χ4n) is 3.46. The lowest BCUT2D eigenvalue weighted by atomic mass is 10.0. The summed E-state index contributed by atoms with van der Waals surface area (Å²) in [6.45, 7) is 4.02. The molecule has 10 nitrogen and oxygen atoms in total. The highest BCUT2D eigenvalue weighted by Gasteiger charge is 2.28. The molecule has 166 valence electrons. The van der Waals surface area contributed by atoms with Gasteiger partial charge in [-0.1, -0.05) is 0 Å². The van der Waals surface area contributed by atoms with Crippen molar-refractivity contribution in [2.24, 2.45) is 0 Å². The Bertz CT molecular complexity index is 1380. The van der Waals surface area contributed by atoms with Crippen LogP contribution in [0, 0.1) is 45.7 Å². The van der Waals surface area contributed by atoms with E-state index in [9.17, 15) is 38.6 Å². The van der Waals surface area contributed by atoms with Crippen LogP contribution in [0.4, 0.5) is 20.2 Å². The summed E-state index contributed by atoms with van der Waals surface area (Å²) in [7, 11) is 0. The summed E-state index contributed by atoms with van der Waals surface area (Å²) in [5.41, 5.74) is -3.60. The van der Waals surface area contributed by atoms with Gasteiger partial charge in [-0.15, -0.1) is 0 Å². The first kappa shape index (κ1) is 22.5. The number of nitrogens with zero attached hydrogens (tertiary/aromatic N) is 3. The number of hydrogen-bond donors (Lipinski definition) is 0. The van der Waals surface area contributed by atoms with E-state index in [1.807, 2.05) is 0 Å². The third-order valence-electron chi connectivity index (χ3n) is 4.85. The summed E-state index contributed by atoms with van der Waals surface area (Å²) in [6, 6.07) is 2.35. The van der Waals surface area contributed by atoms with Crippen molar-refractivity contribution < 1.29 is 28.2 Å². The van der Waals surface area contributed by atoms with Crippen molar-refractivity contribution in [2.45, 2.75) is 20.8 Å². The van der Waals surface area contributed by atoms with Crippen LogP contribution in [0.25, 0.3) is 16.6 Å². The van der Waals surface area contributed by atoms with Crippen LogP contribution in [0.5, 0.6) is 0 Å². The number of fused-ring (bicyclic) bond motifs is 1. The van der Waals surface area contributed by atoms with Gasteiger partial charge in [0, 0.05) is 12.3 Å². The predicted molar refractivity (Wildman–Crippen MR) is 108 cm³/mol. The first-order valence-corrected chi connectivity index (χ1v) is 9.14. The molecule has 1 aromatic heterocycles. The molecule has 0 unspecified atom stereocenters. The van der Waals surface area contributed by atoms with Crippen molar-refractivity contribution in [3.05, 3.63) is 83.2 Å².